The van der Waals surface area contributed by atoms with Crippen molar-refractivity contribution >= 4 is 5.97 Å². The number of aliphatic hydroxyl groups is 4. The Kier molecular flexibility index (Phi) is 6.92. The fourth-order valence-corrected chi connectivity index (χ4v) is 11.9. The molecule has 1 heterocycles. The van der Waals surface area contributed by atoms with Crippen LogP contribution in [0.25, 0.3) is 0 Å². The molecule has 15 atom stereocenters. The number of carbonyl (C=O) groups is 1. The highest BCUT2D eigenvalue weighted by molar-refractivity contribution is 5.89. The number of methoxy groups -OCH3 is 4. The number of rotatable bonds is 8. The number of esters is 1. The Morgan fingerprint density at radius 3 is 2.33 bits per heavy atom. The van der Waals surface area contributed by atoms with Crippen LogP contribution in [0, 0.1) is 34.5 Å². The molecule has 11 heteroatoms. The number of carbonyl (C=O) groups excluding carboxylic acids is 1. The molecule has 7 bridgehead atoms. The van der Waals surface area contributed by atoms with Gasteiger partial charge >= 0.3 is 5.97 Å². The fraction of sp³-hybridized carbons (Fsp3) is 0.781. The van der Waals surface area contributed by atoms with E-state index >= 15 is 0 Å². The van der Waals surface area contributed by atoms with E-state index in [0.717, 1.165) is 0 Å². The third-order valence-electron chi connectivity index (χ3n) is 12.9. The van der Waals surface area contributed by atoms with Crippen LogP contribution in [0.2, 0.25) is 0 Å². The standard InChI is InChI=1S/C32H45NO10/c1-6-33-14-29(15-39-2)18(34)12-19(40-3)31-17-13-30(37)26(43-28(36)16-10-8-7-9-11-16)20(17)32(38,25(35)27(30)42-5)21(24(31)33)22(41-4)23(29)31/h7-11,17-27,34-35,37-38H,6,12-15H2,1-5H3/t17?,18-,19+,20-,21?,22?,23?,24+,25+,26?,27+,29+,30?,31+,32-/m1/s1. The average molecular weight is 604 g/mol. The maximum atomic E-state index is 13.6. The van der Waals surface area contributed by atoms with Crippen LogP contribution in [-0.2, 0) is 23.7 Å². The molecule has 5 aliphatic carbocycles. The highest BCUT2D eigenvalue weighted by atomic mass is 16.6. The Hall–Kier alpha value is -1.67. The van der Waals surface area contributed by atoms with E-state index in [-0.39, 0.29) is 25.0 Å². The third-order valence-corrected chi connectivity index (χ3v) is 12.9. The molecular weight excluding hydrogens is 558 g/mol. The first-order valence-electron chi connectivity index (χ1n) is 15.5. The van der Waals surface area contributed by atoms with Gasteiger partial charge in [-0.1, -0.05) is 25.1 Å². The zero-order valence-electron chi connectivity index (χ0n) is 25.5. The van der Waals surface area contributed by atoms with Crippen LogP contribution < -0.4 is 0 Å². The average Bonchev–Trinajstić information content (AvgIpc) is 3.39. The molecule has 1 saturated heterocycles. The van der Waals surface area contributed by atoms with Crippen molar-refractivity contribution in [1.29, 1.82) is 0 Å². The number of piperidine rings is 1. The predicted molar refractivity (Wildman–Crippen MR) is 151 cm³/mol. The van der Waals surface area contributed by atoms with Gasteiger partial charge in [-0.05, 0) is 31.0 Å². The second kappa shape index (κ2) is 9.91. The minimum Gasteiger partial charge on any atom is -0.455 e. The Balaban J connectivity index is 1.48. The van der Waals surface area contributed by atoms with Crippen LogP contribution in [0.4, 0.5) is 0 Å². The lowest BCUT2D eigenvalue weighted by molar-refractivity contribution is -0.320. The summed E-state index contributed by atoms with van der Waals surface area (Å²) in [6, 6.07) is 8.25. The Bertz CT molecular complexity index is 1250. The summed E-state index contributed by atoms with van der Waals surface area (Å²) < 4.78 is 30.5. The van der Waals surface area contributed by atoms with Gasteiger partial charge in [0.25, 0.3) is 0 Å². The van der Waals surface area contributed by atoms with Crippen LogP contribution in [0.3, 0.4) is 0 Å². The Morgan fingerprint density at radius 2 is 1.72 bits per heavy atom. The summed E-state index contributed by atoms with van der Waals surface area (Å²) in [5, 5.41) is 49.7. The van der Waals surface area contributed by atoms with Gasteiger partial charge in [0.05, 0.1) is 30.5 Å². The SMILES string of the molecule is CCN1C[C@@]2(COC)C3C(OC)C4[C@H]1[C@@]3(C1CC3(O)C(OC(=O)c5ccccc5)[C@@H]1[C@]4(O)[C@@H](O)[C@@H]3OC)[C@@H](OC)C[C@H]2O. The first kappa shape index (κ1) is 30.0. The first-order valence-corrected chi connectivity index (χ1v) is 15.5. The molecule has 6 unspecified atom stereocenters. The number of hydrogen-bond acceptors (Lipinski definition) is 11. The van der Waals surface area contributed by atoms with Gasteiger partial charge < -0.3 is 44.1 Å². The van der Waals surface area contributed by atoms with E-state index in [9.17, 15) is 25.2 Å². The highest BCUT2D eigenvalue weighted by Gasteiger charge is 2.91. The minimum atomic E-state index is -1.86. The summed E-state index contributed by atoms with van der Waals surface area (Å²) in [4.78, 5) is 15.8. The van der Waals surface area contributed by atoms with E-state index in [0.29, 0.717) is 25.1 Å². The van der Waals surface area contributed by atoms with E-state index in [2.05, 4.69) is 11.8 Å². The molecule has 0 radical (unpaired) electrons. The highest BCUT2D eigenvalue weighted by Crippen LogP contribution is 2.80. The number of hydrogen-bond donors (Lipinski definition) is 4. The van der Waals surface area contributed by atoms with Crippen molar-refractivity contribution in [3.8, 4) is 0 Å². The topological polar surface area (TPSA) is 147 Å². The lowest BCUT2D eigenvalue weighted by Crippen LogP contribution is -2.81. The van der Waals surface area contributed by atoms with Crippen molar-refractivity contribution in [3.05, 3.63) is 35.9 Å². The molecule has 1 aromatic carbocycles. The van der Waals surface area contributed by atoms with E-state index in [4.69, 9.17) is 23.7 Å². The molecule has 0 aromatic heterocycles. The number of aliphatic hydroxyl groups excluding tert-OH is 2. The second-order valence-electron chi connectivity index (χ2n) is 13.9. The van der Waals surface area contributed by atoms with E-state index in [1.54, 1.807) is 51.7 Å². The molecule has 7 rings (SSSR count). The zero-order valence-corrected chi connectivity index (χ0v) is 25.5. The van der Waals surface area contributed by atoms with Crippen LogP contribution in [0.5, 0.6) is 0 Å². The molecular formula is C32H45NO10. The van der Waals surface area contributed by atoms with Crippen LogP contribution in [-0.4, -0.2) is 133 Å². The maximum Gasteiger partial charge on any atom is 0.338 e. The van der Waals surface area contributed by atoms with Crippen LogP contribution in [0.1, 0.15) is 30.1 Å². The van der Waals surface area contributed by atoms with Crippen LogP contribution >= 0.6 is 0 Å². The van der Waals surface area contributed by atoms with Crippen molar-refractivity contribution in [2.45, 2.75) is 73.6 Å². The molecule has 6 aliphatic rings. The van der Waals surface area contributed by atoms with E-state index < -0.39 is 82.4 Å². The lowest BCUT2D eigenvalue weighted by Gasteiger charge is -2.70. The van der Waals surface area contributed by atoms with Gasteiger partial charge in [-0.15, -0.1) is 0 Å². The fourth-order valence-electron chi connectivity index (χ4n) is 11.9. The van der Waals surface area contributed by atoms with E-state index in [1.807, 2.05) is 0 Å². The summed E-state index contributed by atoms with van der Waals surface area (Å²) >= 11 is 0. The molecule has 4 N–H and O–H groups in total. The van der Waals surface area contributed by atoms with E-state index in [1.165, 1.54) is 7.11 Å². The number of nitrogens with zero attached hydrogens (tertiary/aromatic N) is 1. The number of likely N-dealkylation sites (tertiary alicyclic amines) is 1. The lowest BCUT2D eigenvalue weighted by atomic mass is 9.42. The minimum absolute atomic E-state index is 0.106. The summed E-state index contributed by atoms with van der Waals surface area (Å²) in [5.74, 6) is -2.94. The summed E-state index contributed by atoms with van der Waals surface area (Å²) in [7, 11) is 6.29. The third kappa shape index (κ3) is 3.28. The molecule has 6 fully saturated rings. The van der Waals surface area contributed by atoms with Crippen molar-refractivity contribution in [1.82, 2.24) is 4.90 Å². The van der Waals surface area contributed by atoms with Crippen molar-refractivity contribution in [2.24, 2.45) is 34.5 Å². The first-order chi connectivity index (χ1) is 20.6. The smallest absolute Gasteiger partial charge is 0.338 e. The molecule has 1 spiro atoms. The van der Waals surface area contributed by atoms with Gasteiger partial charge in [-0.2, -0.15) is 0 Å². The Labute approximate surface area is 252 Å². The molecule has 1 aromatic rings. The molecule has 0 amide bonds. The monoisotopic (exact) mass is 603 g/mol. The Morgan fingerprint density at radius 1 is 1.00 bits per heavy atom. The molecule has 5 saturated carbocycles. The maximum absolute atomic E-state index is 13.6. The number of benzene rings is 1. The van der Waals surface area contributed by atoms with Gasteiger partial charge in [0.1, 0.15) is 29.5 Å². The zero-order chi connectivity index (χ0) is 30.7. The summed E-state index contributed by atoms with van der Waals surface area (Å²) in [6.45, 7) is 3.46. The second-order valence-corrected chi connectivity index (χ2v) is 13.9. The van der Waals surface area contributed by atoms with Crippen molar-refractivity contribution in [3.63, 3.8) is 0 Å². The quantitative estimate of drug-likeness (QED) is 0.300. The van der Waals surface area contributed by atoms with Gasteiger partial charge in [0.15, 0.2) is 0 Å². The predicted octanol–water partition coefficient (Wildman–Crippen LogP) is 0.0773. The summed E-state index contributed by atoms with van der Waals surface area (Å²) in [6.07, 6.45) is -5.27. The molecule has 11 nitrogen and oxygen atoms in total. The van der Waals surface area contributed by atoms with Gasteiger partial charge in [0, 0.05) is 76.0 Å². The molecule has 1 aliphatic heterocycles. The van der Waals surface area contributed by atoms with Crippen molar-refractivity contribution < 1.29 is 48.9 Å². The number of ether oxygens (including phenoxy) is 5. The summed E-state index contributed by atoms with van der Waals surface area (Å²) in [5.41, 5.74) is -4.81. The molecule has 238 valence electrons. The normalized spacial score (nSPS) is 52.7. The van der Waals surface area contributed by atoms with Gasteiger partial charge in [-0.3, -0.25) is 4.90 Å². The van der Waals surface area contributed by atoms with Crippen molar-refractivity contribution in [2.75, 3.05) is 48.1 Å². The van der Waals surface area contributed by atoms with Gasteiger partial charge in [-0.25, -0.2) is 4.79 Å². The van der Waals surface area contributed by atoms with Gasteiger partial charge in [0.2, 0.25) is 0 Å². The largest absolute Gasteiger partial charge is 0.455 e. The number of fused-ring (bicyclic) bond motifs is 2. The molecule has 43 heavy (non-hydrogen) atoms. The van der Waals surface area contributed by atoms with Crippen LogP contribution in [0.15, 0.2) is 30.3 Å².